The second-order valence-electron chi connectivity index (χ2n) is 4.73. The predicted molar refractivity (Wildman–Crippen MR) is 78.1 cm³/mol. The summed E-state index contributed by atoms with van der Waals surface area (Å²) in [6.45, 7) is 2.17. The molecule has 0 spiro atoms. The van der Waals surface area contributed by atoms with Crippen molar-refractivity contribution in [3.05, 3.63) is 28.3 Å². The molecule has 0 bridgehead atoms. The molecule has 2 rings (SSSR count). The van der Waals surface area contributed by atoms with Crippen LogP contribution in [0.5, 0.6) is 0 Å². The smallest absolute Gasteiger partial charge is 0.337 e. The average molecular weight is 335 g/mol. The summed E-state index contributed by atoms with van der Waals surface area (Å²) in [6.07, 6.45) is -0.0966. The number of methoxy groups -OCH3 is 1. The number of nitrogens with zero attached hydrogens (tertiary/aromatic N) is 1. The zero-order valence-electron chi connectivity index (χ0n) is 11.5. The van der Waals surface area contributed by atoms with Gasteiger partial charge in [0.05, 0.1) is 22.4 Å². The number of anilines is 1. The van der Waals surface area contributed by atoms with Crippen LogP contribution >= 0.6 is 11.6 Å². The first-order chi connectivity index (χ1) is 9.74. The Kier molecular flexibility index (Phi) is 4.43. The van der Waals surface area contributed by atoms with E-state index in [4.69, 9.17) is 21.4 Å². The van der Waals surface area contributed by atoms with Crippen molar-refractivity contribution in [3.8, 4) is 0 Å². The number of carboxylic acid groups (broad SMARTS) is 1. The molecule has 0 aliphatic carbocycles. The second-order valence-corrected chi connectivity index (χ2v) is 6.81. The predicted octanol–water partition coefficient (Wildman–Crippen LogP) is 1.33. The lowest BCUT2D eigenvalue weighted by atomic mass is 10.1. The molecule has 0 aromatic heterocycles. The van der Waals surface area contributed by atoms with E-state index in [-0.39, 0.29) is 35.5 Å². The van der Waals surface area contributed by atoms with Gasteiger partial charge in [-0.1, -0.05) is 11.6 Å². The molecule has 0 unspecified atom stereocenters. The molecule has 0 radical (unpaired) electrons. The van der Waals surface area contributed by atoms with E-state index in [0.29, 0.717) is 5.56 Å². The number of aryl methyl sites for hydroxylation is 1. The van der Waals surface area contributed by atoms with E-state index in [1.54, 1.807) is 6.92 Å². The summed E-state index contributed by atoms with van der Waals surface area (Å²) in [5.41, 5.74) is 0.663. The number of ether oxygens (including phenoxy) is 1. The summed E-state index contributed by atoms with van der Waals surface area (Å²) < 4.78 is 32.9. The average Bonchev–Trinajstić information content (AvgIpc) is 2.31. The zero-order valence-corrected chi connectivity index (χ0v) is 13.0. The second kappa shape index (κ2) is 5.80. The van der Waals surface area contributed by atoms with Gasteiger partial charge in [0.15, 0.2) is 0 Å². The molecular formula is C12H15ClN2O5S. The molecule has 1 aliphatic rings. The third-order valence-corrected chi connectivity index (χ3v) is 5.04. The Morgan fingerprint density at radius 3 is 2.62 bits per heavy atom. The molecule has 1 aromatic rings. The van der Waals surface area contributed by atoms with E-state index < -0.39 is 16.2 Å². The highest BCUT2D eigenvalue weighted by Gasteiger charge is 2.36. The van der Waals surface area contributed by atoms with Gasteiger partial charge in [-0.3, -0.25) is 4.72 Å². The van der Waals surface area contributed by atoms with Crippen molar-refractivity contribution in [3.63, 3.8) is 0 Å². The molecule has 0 atom stereocenters. The number of carbonyl (C=O) groups is 1. The molecule has 1 aromatic carbocycles. The van der Waals surface area contributed by atoms with Gasteiger partial charge in [0, 0.05) is 20.2 Å². The summed E-state index contributed by atoms with van der Waals surface area (Å²) >= 11 is 5.85. The Morgan fingerprint density at radius 2 is 2.10 bits per heavy atom. The Balaban J connectivity index is 2.20. The van der Waals surface area contributed by atoms with Crippen LogP contribution in [0.2, 0.25) is 5.02 Å². The maximum atomic E-state index is 12.1. The lowest BCUT2D eigenvalue weighted by Gasteiger charge is -2.36. The first-order valence-corrected chi connectivity index (χ1v) is 7.90. The molecule has 116 valence electrons. The van der Waals surface area contributed by atoms with Crippen LogP contribution in [-0.2, 0) is 14.9 Å². The molecule has 9 heteroatoms. The summed E-state index contributed by atoms with van der Waals surface area (Å²) in [5.74, 6) is -1.16. The van der Waals surface area contributed by atoms with Gasteiger partial charge in [0.1, 0.15) is 0 Å². The fraction of sp³-hybridized carbons (Fsp3) is 0.417. The van der Waals surface area contributed by atoms with Gasteiger partial charge in [-0.15, -0.1) is 0 Å². The molecule has 1 saturated heterocycles. The lowest BCUT2D eigenvalue weighted by molar-refractivity contribution is 0.0128. The van der Waals surface area contributed by atoms with Crippen molar-refractivity contribution in [2.24, 2.45) is 0 Å². The van der Waals surface area contributed by atoms with E-state index in [1.807, 2.05) is 0 Å². The van der Waals surface area contributed by atoms with E-state index in [2.05, 4.69) is 4.72 Å². The third-order valence-electron chi connectivity index (χ3n) is 3.27. The van der Waals surface area contributed by atoms with Gasteiger partial charge in [-0.25, -0.2) is 4.79 Å². The maximum absolute atomic E-state index is 12.1. The maximum Gasteiger partial charge on any atom is 0.337 e. The standard InChI is InChI=1S/C12H15ClN2O5S/c1-7-3-9(12(16)17)10(13)4-11(7)14-21(18,19)15-5-8(6-15)20-2/h3-4,8,14H,5-6H2,1-2H3,(H,16,17). The molecule has 0 saturated carbocycles. The lowest BCUT2D eigenvalue weighted by Crippen LogP contribution is -2.55. The fourth-order valence-corrected chi connectivity index (χ4v) is 3.50. The van der Waals surface area contributed by atoms with Crippen LogP contribution in [0.25, 0.3) is 0 Å². The van der Waals surface area contributed by atoms with Crippen molar-refractivity contribution < 1.29 is 23.1 Å². The quantitative estimate of drug-likeness (QED) is 0.847. The van der Waals surface area contributed by atoms with Gasteiger partial charge in [-0.05, 0) is 24.6 Å². The number of hydrogen-bond donors (Lipinski definition) is 2. The number of carboxylic acids is 1. The molecule has 1 aliphatic heterocycles. The van der Waals surface area contributed by atoms with Gasteiger partial charge in [0.2, 0.25) is 0 Å². The number of hydrogen-bond acceptors (Lipinski definition) is 4. The molecule has 1 fully saturated rings. The summed E-state index contributed by atoms with van der Waals surface area (Å²) in [4.78, 5) is 11.0. The van der Waals surface area contributed by atoms with Crippen LogP contribution in [0, 0.1) is 6.92 Å². The highest BCUT2D eigenvalue weighted by Crippen LogP contribution is 2.27. The van der Waals surface area contributed by atoms with Crippen LogP contribution in [0.4, 0.5) is 5.69 Å². The monoisotopic (exact) mass is 334 g/mol. The van der Waals surface area contributed by atoms with Crippen molar-refractivity contribution in [1.29, 1.82) is 0 Å². The highest BCUT2D eigenvalue weighted by atomic mass is 35.5. The first kappa shape index (κ1) is 16.0. The van der Waals surface area contributed by atoms with E-state index in [1.165, 1.54) is 23.5 Å². The van der Waals surface area contributed by atoms with Crippen molar-refractivity contribution >= 4 is 33.5 Å². The van der Waals surface area contributed by atoms with Crippen LogP contribution < -0.4 is 4.72 Å². The van der Waals surface area contributed by atoms with Gasteiger partial charge in [0.25, 0.3) is 0 Å². The Labute approximate surface area is 127 Å². The van der Waals surface area contributed by atoms with E-state index >= 15 is 0 Å². The van der Waals surface area contributed by atoms with Crippen LogP contribution in [-0.4, -0.2) is 50.1 Å². The van der Waals surface area contributed by atoms with Crippen molar-refractivity contribution in [2.75, 3.05) is 24.9 Å². The van der Waals surface area contributed by atoms with Crippen LogP contribution in [0.15, 0.2) is 12.1 Å². The molecule has 2 N–H and O–H groups in total. The minimum Gasteiger partial charge on any atom is -0.478 e. The van der Waals surface area contributed by atoms with E-state index in [9.17, 15) is 13.2 Å². The van der Waals surface area contributed by atoms with Gasteiger partial charge in [-0.2, -0.15) is 12.7 Å². The third kappa shape index (κ3) is 3.29. The normalized spacial score (nSPS) is 16.5. The number of aromatic carboxylic acids is 1. The van der Waals surface area contributed by atoms with Crippen LogP contribution in [0.3, 0.4) is 0 Å². The zero-order chi connectivity index (χ0) is 15.8. The molecule has 0 amide bonds. The van der Waals surface area contributed by atoms with Gasteiger partial charge >= 0.3 is 16.2 Å². The summed E-state index contributed by atoms with van der Waals surface area (Å²) in [6, 6.07) is 2.63. The summed E-state index contributed by atoms with van der Waals surface area (Å²) in [5, 5.41) is 8.94. The van der Waals surface area contributed by atoms with E-state index in [0.717, 1.165) is 0 Å². The van der Waals surface area contributed by atoms with Crippen LogP contribution in [0.1, 0.15) is 15.9 Å². The largest absolute Gasteiger partial charge is 0.478 e. The minimum absolute atomic E-state index is 0.0239. The number of nitrogens with one attached hydrogen (secondary N) is 1. The highest BCUT2D eigenvalue weighted by molar-refractivity contribution is 7.90. The number of rotatable bonds is 5. The fourth-order valence-electron chi connectivity index (χ4n) is 1.90. The summed E-state index contributed by atoms with van der Waals surface area (Å²) in [7, 11) is -2.17. The Bertz CT molecular complexity index is 670. The molecule has 1 heterocycles. The Hall–Kier alpha value is -1.35. The number of benzene rings is 1. The van der Waals surface area contributed by atoms with Crippen molar-refractivity contribution in [1.82, 2.24) is 4.31 Å². The molecule has 7 nitrogen and oxygen atoms in total. The molecular weight excluding hydrogens is 320 g/mol. The van der Waals surface area contributed by atoms with Crippen molar-refractivity contribution in [2.45, 2.75) is 13.0 Å². The SMILES string of the molecule is COC1CN(S(=O)(=O)Nc2cc(Cl)c(C(=O)O)cc2C)C1. The Morgan fingerprint density at radius 1 is 1.48 bits per heavy atom. The topological polar surface area (TPSA) is 95.9 Å². The van der Waals surface area contributed by atoms with Gasteiger partial charge < -0.3 is 9.84 Å². The molecule has 21 heavy (non-hydrogen) atoms. The minimum atomic E-state index is -3.69. The first-order valence-electron chi connectivity index (χ1n) is 6.08. The number of halogens is 1.